The molecule has 1 aromatic carbocycles. The average Bonchev–Trinajstić information content (AvgIpc) is 2.68. The molecule has 0 amide bonds. The summed E-state index contributed by atoms with van der Waals surface area (Å²) in [4.78, 5) is 16.8. The first kappa shape index (κ1) is 15.8. The molecule has 1 saturated carbocycles. The SMILES string of the molecule is O=c1ccc2cnc(N(F)c3ccccc3)cc2n1C1CCCCC1. The minimum absolute atomic E-state index is 0.0262. The molecule has 3 aromatic rings. The van der Waals surface area contributed by atoms with Crippen LogP contribution in [0.1, 0.15) is 38.1 Å². The molecule has 0 bridgehead atoms. The van der Waals surface area contributed by atoms with E-state index in [-0.39, 0.29) is 17.4 Å². The van der Waals surface area contributed by atoms with Crippen molar-refractivity contribution < 1.29 is 4.48 Å². The third kappa shape index (κ3) is 3.02. The number of hydrogen-bond donors (Lipinski definition) is 0. The summed E-state index contributed by atoms with van der Waals surface area (Å²) in [5.41, 5.74) is 1.14. The lowest BCUT2D eigenvalue weighted by molar-refractivity contribution is 0.354. The van der Waals surface area contributed by atoms with E-state index >= 15 is 0 Å². The van der Waals surface area contributed by atoms with Gasteiger partial charge in [0.15, 0.2) is 5.82 Å². The van der Waals surface area contributed by atoms with Crippen molar-refractivity contribution in [1.82, 2.24) is 9.55 Å². The second-order valence-corrected chi connectivity index (χ2v) is 6.55. The first-order valence-electron chi connectivity index (χ1n) is 8.76. The van der Waals surface area contributed by atoms with Crippen LogP contribution < -0.4 is 10.7 Å². The Bertz CT molecular complexity index is 933. The Morgan fingerprint density at radius 2 is 1.80 bits per heavy atom. The maximum atomic E-state index is 14.8. The second-order valence-electron chi connectivity index (χ2n) is 6.55. The van der Waals surface area contributed by atoms with Crippen molar-refractivity contribution in [2.24, 2.45) is 0 Å². The topological polar surface area (TPSA) is 38.1 Å². The molecule has 0 aliphatic heterocycles. The van der Waals surface area contributed by atoms with Crippen LogP contribution in [0.3, 0.4) is 0 Å². The van der Waals surface area contributed by atoms with Crippen LogP contribution in [0.2, 0.25) is 0 Å². The second kappa shape index (κ2) is 6.67. The summed E-state index contributed by atoms with van der Waals surface area (Å²) in [5.74, 6) is 0.189. The molecule has 4 rings (SSSR count). The maximum absolute atomic E-state index is 14.8. The highest BCUT2D eigenvalue weighted by molar-refractivity contribution is 5.81. The van der Waals surface area contributed by atoms with Gasteiger partial charge in [-0.05, 0) is 31.0 Å². The van der Waals surface area contributed by atoms with E-state index in [2.05, 4.69) is 4.98 Å². The molecule has 0 spiro atoms. The summed E-state index contributed by atoms with van der Waals surface area (Å²) in [5, 5.41) is 1.41. The van der Waals surface area contributed by atoms with E-state index in [4.69, 9.17) is 0 Å². The average molecular weight is 337 g/mol. The third-order valence-electron chi connectivity index (χ3n) is 4.92. The van der Waals surface area contributed by atoms with E-state index < -0.39 is 0 Å². The number of benzene rings is 1. The molecular weight excluding hydrogens is 317 g/mol. The van der Waals surface area contributed by atoms with Crippen molar-refractivity contribution in [3.63, 3.8) is 0 Å². The van der Waals surface area contributed by atoms with E-state index in [0.29, 0.717) is 10.8 Å². The number of para-hydroxylation sites is 1. The zero-order valence-corrected chi connectivity index (χ0v) is 13.9. The van der Waals surface area contributed by atoms with Gasteiger partial charge in [0.2, 0.25) is 0 Å². The molecule has 0 unspecified atom stereocenters. The highest BCUT2D eigenvalue weighted by Gasteiger charge is 2.19. The number of hydrogen-bond acceptors (Lipinski definition) is 3. The van der Waals surface area contributed by atoms with Gasteiger partial charge in [-0.1, -0.05) is 41.9 Å². The van der Waals surface area contributed by atoms with Gasteiger partial charge in [0.05, 0.1) is 11.2 Å². The molecule has 2 heterocycles. The summed E-state index contributed by atoms with van der Waals surface area (Å²) >= 11 is 0. The van der Waals surface area contributed by atoms with Gasteiger partial charge in [0.25, 0.3) is 5.56 Å². The fourth-order valence-corrected chi connectivity index (χ4v) is 3.66. The van der Waals surface area contributed by atoms with Crippen LogP contribution in [0.5, 0.6) is 0 Å². The van der Waals surface area contributed by atoms with Gasteiger partial charge in [-0.3, -0.25) is 4.79 Å². The van der Waals surface area contributed by atoms with Gasteiger partial charge in [-0.15, -0.1) is 0 Å². The van der Waals surface area contributed by atoms with Gasteiger partial charge < -0.3 is 4.57 Å². The maximum Gasteiger partial charge on any atom is 0.251 e. The van der Waals surface area contributed by atoms with Gasteiger partial charge in [-0.2, -0.15) is 5.12 Å². The highest BCUT2D eigenvalue weighted by Crippen LogP contribution is 2.31. The molecular formula is C20H20FN3O. The third-order valence-corrected chi connectivity index (χ3v) is 4.92. The Hall–Kier alpha value is -2.69. The monoisotopic (exact) mass is 337 g/mol. The van der Waals surface area contributed by atoms with Gasteiger partial charge in [-0.25, -0.2) is 4.98 Å². The fraction of sp³-hybridized carbons (Fsp3) is 0.300. The standard InChI is InChI=1S/C20H20FN3O/c21-24(17-9-5-2-6-10-17)19-13-18-15(14-22-19)11-12-20(25)23(18)16-7-3-1-4-8-16/h2,5-6,9-14,16H,1,3-4,7-8H2. The zero-order valence-electron chi connectivity index (χ0n) is 13.9. The molecule has 1 aliphatic rings. The molecule has 0 radical (unpaired) electrons. The first-order valence-corrected chi connectivity index (χ1v) is 8.76. The predicted molar refractivity (Wildman–Crippen MR) is 97.8 cm³/mol. The molecule has 2 aromatic heterocycles. The van der Waals surface area contributed by atoms with Crippen LogP contribution in [0, 0.1) is 0 Å². The normalized spacial score (nSPS) is 15.4. The predicted octanol–water partition coefficient (Wildman–Crippen LogP) is 4.92. The Balaban J connectivity index is 1.82. The molecule has 0 atom stereocenters. The van der Waals surface area contributed by atoms with E-state index in [1.54, 1.807) is 48.7 Å². The largest absolute Gasteiger partial charge is 0.305 e. The Kier molecular flexibility index (Phi) is 4.22. The van der Waals surface area contributed by atoms with Crippen LogP contribution in [0.4, 0.5) is 16.0 Å². The number of rotatable bonds is 3. The number of pyridine rings is 2. The zero-order chi connectivity index (χ0) is 17.2. The number of anilines is 2. The van der Waals surface area contributed by atoms with E-state index in [0.717, 1.165) is 36.6 Å². The van der Waals surface area contributed by atoms with Crippen LogP contribution in [0.25, 0.3) is 10.9 Å². The Morgan fingerprint density at radius 3 is 2.56 bits per heavy atom. The van der Waals surface area contributed by atoms with Crippen LogP contribution in [-0.4, -0.2) is 9.55 Å². The lowest BCUT2D eigenvalue weighted by atomic mass is 9.95. The summed E-state index contributed by atoms with van der Waals surface area (Å²) in [7, 11) is 0. The lowest BCUT2D eigenvalue weighted by Crippen LogP contribution is -2.26. The number of fused-ring (bicyclic) bond motifs is 1. The van der Waals surface area contributed by atoms with E-state index in [1.165, 1.54) is 6.42 Å². The van der Waals surface area contributed by atoms with Crippen molar-refractivity contribution >= 4 is 22.4 Å². The van der Waals surface area contributed by atoms with E-state index in [9.17, 15) is 9.28 Å². The van der Waals surface area contributed by atoms with Crippen molar-refractivity contribution in [2.45, 2.75) is 38.1 Å². The molecule has 4 nitrogen and oxygen atoms in total. The van der Waals surface area contributed by atoms with E-state index in [1.807, 2.05) is 10.6 Å². The van der Waals surface area contributed by atoms with Gasteiger partial charge in [0, 0.05) is 29.8 Å². The van der Waals surface area contributed by atoms with Crippen molar-refractivity contribution in [3.05, 3.63) is 65.1 Å². The fourth-order valence-electron chi connectivity index (χ4n) is 3.66. The number of nitrogens with zero attached hydrogens (tertiary/aromatic N) is 3. The molecule has 5 heteroatoms. The Morgan fingerprint density at radius 1 is 1.04 bits per heavy atom. The molecule has 1 fully saturated rings. The Labute approximate surface area is 145 Å². The minimum atomic E-state index is -0.0262. The van der Waals surface area contributed by atoms with Crippen LogP contribution in [0.15, 0.2) is 59.5 Å². The first-order chi connectivity index (χ1) is 12.2. The molecule has 0 saturated heterocycles. The summed E-state index contributed by atoms with van der Waals surface area (Å²) < 4.78 is 16.6. The quantitative estimate of drug-likeness (QED) is 0.636. The van der Waals surface area contributed by atoms with Crippen molar-refractivity contribution in [1.29, 1.82) is 0 Å². The highest BCUT2D eigenvalue weighted by atomic mass is 19.2. The molecule has 25 heavy (non-hydrogen) atoms. The summed E-state index contributed by atoms with van der Waals surface area (Å²) in [6, 6.07) is 14.0. The lowest BCUT2D eigenvalue weighted by Gasteiger charge is -2.25. The molecule has 0 N–H and O–H groups in total. The molecule has 128 valence electrons. The van der Waals surface area contributed by atoms with Gasteiger partial charge >= 0.3 is 0 Å². The van der Waals surface area contributed by atoms with Crippen molar-refractivity contribution in [3.8, 4) is 0 Å². The van der Waals surface area contributed by atoms with Gasteiger partial charge in [0.1, 0.15) is 0 Å². The smallest absolute Gasteiger partial charge is 0.251 e. The minimum Gasteiger partial charge on any atom is -0.305 e. The van der Waals surface area contributed by atoms with Crippen LogP contribution in [-0.2, 0) is 0 Å². The molecule has 1 aliphatic carbocycles. The summed E-state index contributed by atoms with van der Waals surface area (Å²) in [6.07, 6.45) is 7.10. The van der Waals surface area contributed by atoms with Crippen LogP contribution >= 0.6 is 0 Å². The number of halogens is 1. The number of aromatic nitrogens is 2. The summed E-state index contributed by atoms with van der Waals surface area (Å²) in [6.45, 7) is 0. The van der Waals surface area contributed by atoms with Crippen molar-refractivity contribution in [2.75, 3.05) is 5.12 Å².